The van der Waals surface area contributed by atoms with E-state index in [-0.39, 0.29) is 12.6 Å². The maximum Gasteiger partial charge on any atom is 0.189 e. The highest BCUT2D eigenvalue weighted by Crippen LogP contribution is 2.26. The van der Waals surface area contributed by atoms with E-state index in [2.05, 4.69) is 10.3 Å². The Morgan fingerprint density at radius 2 is 2.13 bits per heavy atom. The molecule has 0 aromatic rings. The third-order valence-electron chi connectivity index (χ3n) is 2.84. The second kappa shape index (κ2) is 5.95. The zero-order valence-corrected chi connectivity index (χ0v) is 9.74. The van der Waals surface area contributed by atoms with E-state index in [9.17, 15) is 5.11 Å². The summed E-state index contributed by atoms with van der Waals surface area (Å²) in [6.07, 6.45) is 4.51. The molecule has 1 fully saturated rings. The Kier molecular flexibility index (Phi) is 4.88. The van der Waals surface area contributed by atoms with E-state index in [4.69, 9.17) is 5.73 Å². The first-order chi connectivity index (χ1) is 7.13. The van der Waals surface area contributed by atoms with Crippen molar-refractivity contribution in [2.75, 3.05) is 6.61 Å². The molecule has 1 saturated carbocycles. The average molecular weight is 213 g/mol. The molecule has 88 valence electrons. The van der Waals surface area contributed by atoms with Crippen molar-refractivity contribution in [2.45, 2.75) is 51.6 Å². The Morgan fingerprint density at radius 3 is 2.73 bits per heavy atom. The van der Waals surface area contributed by atoms with Crippen molar-refractivity contribution in [3.8, 4) is 0 Å². The Hall–Kier alpha value is -0.770. The van der Waals surface area contributed by atoms with Gasteiger partial charge in [-0.15, -0.1) is 0 Å². The highest BCUT2D eigenvalue weighted by molar-refractivity contribution is 5.78. The van der Waals surface area contributed by atoms with Crippen LogP contribution in [0.4, 0.5) is 0 Å². The molecule has 0 aromatic carbocycles. The average Bonchev–Trinajstić information content (AvgIpc) is 2.17. The van der Waals surface area contributed by atoms with Crippen molar-refractivity contribution in [3.63, 3.8) is 0 Å². The van der Waals surface area contributed by atoms with Gasteiger partial charge in [-0.25, -0.2) is 4.99 Å². The van der Waals surface area contributed by atoms with E-state index in [1.807, 2.05) is 13.8 Å². The van der Waals surface area contributed by atoms with Gasteiger partial charge in [0.2, 0.25) is 0 Å². The second-order valence-electron chi connectivity index (χ2n) is 4.61. The Labute approximate surface area is 92.0 Å². The predicted octanol–water partition coefficient (Wildman–Crippen LogP) is 0.850. The Balaban J connectivity index is 2.52. The van der Waals surface area contributed by atoms with Crippen LogP contribution in [0.5, 0.6) is 0 Å². The van der Waals surface area contributed by atoms with Gasteiger partial charge < -0.3 is 16.2 Å². The molecule has 0 saturated heterocycles. The summed E-state index contributed by atoms with van der Waals surface area (Å²) in [6.45, 7) is 4.29. The van der Waals surface area contributed by atoms with Crippen LogP contribution in [-0.2, 0) is 0 Å². The van der Waals surface area contributed by atoms with Crippen LogP contribution in [-0.4, -0.2) is 29.8 Å². The lowest BCUT2D eigenvalue weighted by atomic mass is 9.85. The zero-order chi connectivity index (χ0) is 11.3. The summed E-state index contributed by atoms with van der Waals surface area (Å²) in [4.78, 5) is 4.45. The summed E-state index contributed by atoms with van der Waals surface area (Å²) in [5, 5.41) is 12.3. The lowest BCUT2D eigenvalue weighted by molar-refractivity contribution is 0.171. The van der Waals surface area contributed by atoms with Gasteiger partial charge >= 0.3 is 0 Å². The first-order valence-corrected chi connectivity index (χ1v) is 5.84. The lowest BCUT2D eigenvalue weighted by Crippen LogP contribution is -2.39. The summed E-state index contributed by atoms with van der Waals surface area (Å²) in [5.41, 5.74) is 5.78. The van der Waals surface area contributed by atoms with E-state index in [0.717, 1.165) is 12.8 Å². The first-order valence-electron chi connectivity index (χ1n) is 5.84. The molecule has 15 heavy (non-hydrogen) atoms. The number of rotatable bonds is 3. The van der Waals surface area contributed by atoms with Gasteiger partial charge in [0.1, 0.15) is 0 Å². The molecule has 2 atom stereocenters. The molecule has 2 unspecified atom stereocenters. The van der Waals surface area contributed by atoms with Gasteiger partial charge in [-0.1, -0.05) is 12.8 Å². The van der Waals surface area contributed by atoms with E-state index >= 15 is 0 Å². The number of hydrogen-bond acceptors (Lipinski definition) is 2. The van der Waals surface area contributed by atoms with Crippen molar-refractivity contribution >= 4 is 5.96 Å². The van der Waals surface area contributed by atoms with Crippen LogP contribution in [0.1, 0.15) is 39.5 Å². The molecule has 1 aliphatic carbocycles. The van der Waals surface area contributed by atoms with Crippen LogP contribution < -0.4 is 11.1 Å². The quantitative estimate of drug-likeness (QED) is 0.481. The lowest BCUT2D eigenvalue weighted by Gasteiger charge is -2.27. The van der Waals surface area contributed by atoms with Gasteiger partial charge in [0.05, 0.1) is 6.04 Å². The number of aliphatic hydroxyl groups is 1. The Morgan fingerprint density at radius 1 is 1.47 bits per heavy atom. The molecule has 0 spiro atoms. The van der Waals surface area contributed by atoms with Crippen LogP contribution in [0.2, 0.25) is 0 Å². The minimum atomic E-state index is 0.204. The fourth-order valence-corrected chi connectivity index (χ4v) is 2.08. The summed E-state index contributed by atoms with van der Waals surface area (Å²) >= 11 is 0. The van der Waals surface area contributed by atoms with Gasteiger partial charge in [-0.3, -0.25) is 0 Å². The maximum atomic E-state index is 9.23. The van der Waals surface area contributed by atoms with E-state index in [1.54, 1.807) is 0 Å². The molecule has 0 aliphatic heterocycles. The van der Waals surface area contributed by atoms with E-state index < -0.39 is 0 Å². The molecule has 4 heteroatoms. The number of nitrogens with one attached hydrogen (secondary N) is 1. The Bertz CT molecular complexity index is 216. The molecule has 0 heterocycles. The van der Waals surface area contributed by atoms with Crippen LogP contribution in [0.15, 0.2) is 4.99 Å². The second-order valence-corrected chi connectivity index (χ2v) is 4.61. The number of nitrogens with two attached hydrogens (primary N) is 1. The van der Waals surface area contributed by atoms with Crippen LogP contribution in [0.3, 0.4) is 0 Å². The third-order valence-corrected chi connectivity index (χ3v) is 2.84. The van der Waals surface area contributed by atoms with Gasteiger partial charge in [0.15, 0.2) is 5.96 Å². The summed E-state index contributed by atoms with van der Waals surface area (Å²) in [6, 6.07) is 0.514. The van der Waals surface area contributed by atoms with E-state index in [1.165, 1.54) is 12.8 Å². The SMILES string of the molecule is CC(C)NC(N)=NC1CCCCC1CO. The van der Waals surface area contributed by atoms with E-state index in [0.29, 0.717) is 17.9 Å². The summed E-state index contributed by atoms with van der Waals surface area (Å²) < 4.78 is 0. The monoisotopic (exact) mass is 213 g/mol. The van der Waals surface area contributed by atoms with Crippen molar-refractivity contribution in [2.24, 2.45) is 16.6 Å². The summed E-state index contributed by atoms with van der Waals surface area (Å²) in [5.74, 6) is 0.807. The van der Waals surface area contributed by atoms with Crippen molar-refractivity contribution in [1.82, 2.24) is 5.32 Å². The van der Waals surface area contributed by atoms with Crippen molar-refractivity contribution in [3.05, 3.63) is 0 Å². The van der Waals surface area contributed by atoms with Gasteiger partial charge in [0.25, 0.3) is 0 Å². The maximum absolute atomic E-state index is 9.23. The standard InChI is InChI=1S/C11H23N3O/c1-8(2)13-11(12)14-10-6-4-3-5-9(10)7-15/h8-10,15H,3-7H2,1-2H3,(H3,12,13,14). The largest absolute Gasteiger partial charge is 0.396 e. The number of aliphatic imine (C=N–C) groups is 1. The normalized spacial score (nSPS) is 28.1. The molecule has 1 aliphatic rings. The smallest absolute Gasteiger partial charge is 0.189 e. The highest BCUT2D eigenvalue weighted by Gasteiger charge is 2.24. The first kappa shape index (κ1) is 12.3. The van der Waals surface area contributed by atoms with Gasteiger partial charge in [0, 0.05) is 18.6 Å². The molecule has 1 rings (SSSR count). The van der Waals surface area contributed by atoms with Crippen molar-refractivity contribution in [1.29, 1.82) is 0 Å². The third kappa shape index (κ3) is 4.08. The molecule has 0 aromatic heterocycles. The number of nitrogens with zero attached hydrogens (tertiary/aromatic N) is 1. The summed E-state index contributed by atoms with van der Waals surface area (Å²) in [7, 11) is 0. The van der Waals surface area contributed by atoms with Crippen LogP contribution in [0, 0.1) is 5.92 Å². The van der Waals surface area contributed by atoms with Crippen LogP contribution in [0.25, 0.3) is 0 Å². The number of hydrogen-bond donors (Lipinski definition) is 3. The molecule has 4 N–H and O–H groups in total. The number of guanidine groups is 1. The van der Waals surface area contributed by atoms with Gasteiger partial charge in [-0.2, -0.15) is 0 Å². The van der Waals surface area contributed by atoms with Crippen molar-refractivity contribution < 1.29 is 5.11 Å². The molecular weight excluding hydrogens is 190 g/mol. The molecule has 0 amide bonds. The molecular formula is C11H23N3O. The molecule has 0 radical (unpaired) electrons. The fourth-order valence-electron chi connectivity index (χ4n) is 2.08. The molecule has 4 nitrogen and oxygen atoms in total. The highest BCUT2D eigenvalue weighted by atomic mass is 16.3. The predicted molar refractivity (Wildman–Crippen MR) is 62.7 cm³/mol. The number of aliphatic hydroxyl groups excluding tert-OH is 1. The molecule has 0 bridgehead atoms. The fraction of sp³-hybridized carbons (Fsp3) is 0.909. The minimum absolute atomic E-state index is 0.204. The van der Waals surface area contributed by atoms with Gasteiger partial charge in [-0.05, 0) is 26.7 Å². The zero-order valence-electron chi connectivity index (χ0n) is 9.74. The van der Waals surface area contributed by atoms with Crippen LogP contribution >= 0.6 is 0 Å². The topological polar surface area (TPSA) is 70.6 Å². The minimum Gasteiger partial charge on any atom is -0.396 e.